The third-order valence-electron chi connectivity index (χ3n) is 3.62. The summed E-state index contributed by atoms with van der Waals surface area (Å²) in [6, 6.07) is 14.1. The van der Waals surface area contributed by atoms with Gasteiger partial charge in [-0.1, -0.05) is 30.3 Å². The molecule has 0 saturated heterocycles. The average molecular weight is 343 g/mol. The van der Waals surface area contributed by atoms with Crippen LogP contribution < -0.4 is 11.1 Å². The monoisotopic (exact) mass is 343 g/mol. The van der Waals surface area contributed by atoms with Crippen LogP contribution in [0.5, 0.6) is 0 Å². The maximum absolute atomic E-state index is 12.0. The lowest BCUT2D eigenvalue weighted by molar-refractivity contribution is -0.383. The first-order chi connectivity index (χ1) is 12.1. The smallest absolute Gasteiger partial charge is 0.292 e. The molecule has 2 rings (SSSR count). The quantitative estimate of drug-likeness (QED) is 0.315. The van der Waals surface area contributed by atoms with E-state index in [1.165, 1.54) is 23.8 Å². The Morgan fingerprint density at radius 2 is 1.92 bits per heavy atom. The largest absolute Gasteiger partial charge is 0.393 e. The Labute approximate surface area is 145 Å². The van der Waals surface area contributed by atoms with Crippen molar-refractivity contribution >= 4 is 17.3 Å². The lowest BCUT2D eigenvalue weighted by atomic mass is 10.1. The molecular formula is C18H21N3O4. The number of nitro benzene ring substituents is 1. The van der Waals surface area contributed by atoms with E-state index in [2.05, 4.69) is 17.4 Å². The van der Waals surface area contributed by atoms with Gasteiger partial charge >= 0.3 is 0 Å². The Balaban J connectivity index is 1.65. The molecule has 2 aromatic carbocycles. The van der Waals surface area contributed by atoms with E-state index in [4.69, 9.17) is 10.5 Å². The van der Waals surface area contributed by atoms with Crippen LogP contribution in [0.4, 0.5) is 11.4 Å². The number of hydrogen-bond acceptors (Lipinski definition) is 5. The molecule has 0 aliphatic heterocycles. The van der Waals surface area contributed by atoms with Gasteiger partial charge in [0.15, 0.2) is 0 Å². The summed E-state index contributed by atoms with van der Waals surface area (Å²) in [5.41, 5.74) is 6.72. The van der Waals surface area contributed by atoms with Crippen LogP contribution in [0, 0.1) is 10.1 Å². The normalized spacial score (nSPS) is 10.4. The topological polar surface area (TPSA) is 107 Å². The molecule has 0 fully saturated rings. The minimum Gasteiger partial charge on any atom is -0.393 e. The maximum atomic E-state index is 12.0. The Hall–Kier alpha value is -2.93. The number of nitro groups is 1. The van der Waals surface area contributed by atoms with Crippen molar-refractivity contribution in [1.82, 2.24) is 5.32 Å². The summed E-state index contributed by atoms with van der Waals surface area (Å²) < 4.78 is 5.53. The highest BCUT2D eigenvalue weighted by atomic mass is 16.6. The van der Waals surface area contributed by atoms with Crippen LogP contribution in [0.25, 0.3) is 0 Å². The summed E-state index contributed by atoms with van der Waals surface area (Å²) in [7, 11) is 0. The zero-order valence-corrected chi connectivity index (χ0v) is 13.8. The van der Waals surface area contributed by atoms with Crippen LogP contribution in [0.1, 0.15) is 22.3 Å². The van der Waals surface area contributed by atoms with Crippen molar-refractivity contribution in [2.75, 3.05) is 25.5 Å². The second-order valence-corrected chi connectivity index (χ2v) is 5.49. The summed E-state index contributed by atoms with van der Waals surface area (Å²) in [6.07, 6.45) is 1.51. The second-order valence-electron chi connectivity index (χ2n) is 5.49. The predicted octanol–water partition coefficient (Wildman–Crippen LogP) is 2.56. The van der Waals surface area contributed by atoms with Crippen molar-refractivity contribution in [2.24, 2.45) is 0 Å². The van der Waals surface area contributed by atoms with E-state index in [1.54, 1.807) is 0 Å². The molecule has 0 heterocycles. The van der Waals surface area contributed by atoms with Gasteiger partial charge in [0.05, 0.1) is 11.5 Å². The van der Waals surface area contributed by atoms with Crippen LogP contribution in [0.2, 0.25) is 0 Å². The molecule has 0 saturated carbocycles. The zero-order valence-electron chi connectivity index (χ0n) is 13.8. The first-order valence-electron chi connectivity index (χ1n) is 8.01. The number of nitrogens with one attached hydrogen (secondary N) is 1. The molecule has 132 valence electrons. The third kappa shape index (κ3) is 5.89. The lowest BCUT2D eigenvalue weighted by Gasteiger charge is -2.07. The Morgan fingerprint density at radius 1 is 1.16 bits per heavy atom. The highest BCUT2D eigenvalue weighted by molar-refractivity contribution is 5.95. The molecule has 0 aliphatic rings. The summed E-state index contributed by atoms with van der Waals surface area (Å²) in [6.45, 7) is 1.60. The number of nitrogens with zero attached hydrogens (tertiary/aromatic N) is 1. The molecule has 25 heavy (non-hydrogen) atoms. The van der Waals surface area contributed by atoms with Gasteiger partial charge in [-0.3, -0.25) is 14.9 Å². The van der Waals surface area contributed by atoms with E-state index < -0.39 is 4.92 Å². The summed E-state index contributed by atoms with van der Waals surface area (Å²) in [5.74, 6) is -0.368. The minimum atomic E-state index is -0.604. The highest BCUT2D eigenvalue weighted by Gasteiger charge is 2.15. The van der Waals surface area contributed by atoms with E-state index in [9.17, 15) is 14.9 Å². The van der Waals surface area contributed by atoms with Gasteiger partial charge in [0.1, 0.15) is 5.69 Å². The van der Waals surface area contributed by atoms with Gasteiger partial charge in [0.25, 0.3) is 11.6 Å². The number of hydrogen-bond donors (Lipinski definition) is 2. The molecule has 0 unspecified atom stereocenters. The molecule has 0 radical (unpaired) electrons. The number of anilines is 1. The Kier molecular flexibility index (Phi) is 6.91. The van der Waals surface area contributed by atoms with Gasteiger partial charge in [-0.2, -0.15) is 0 Å². The van der Waals surface area contributed by atoms with Crippen LogP contribution >= 0.6 is 0 Å². The number of nitrogens with two attached hydrogens (primary N) is 1. The van der Waals surface area contributed by atoms with E-state index in [0.717, 1.165) is 6.42 Å². The van der Waals surface area contributed by atoms with Gasteiger partial charge < -0.3 is 15.8 Å². The number of benzene rings is 2. The third-order valence-corrected chi connectivity index (χ3v) is 3.62. The number of ether oxygens (including phenoxy) is 1. The molecule has 0 aliphatic carbocycles. The molecule has 0 bridgehead atoms. The fraction of sp³-hybridized carbons (Fsp3) is 0.278. The summed E-state index contributed by atoms with van der Waals surface area (Å²) >= 11 is 0. The van der Waals surface area contributed by atoms with E-state index >= 15 is 0 Å². The number of amides is 1. The van der Waals surface area contributed by atoms with Crippen molar-refractivity contribution in [3.8, 4) is 0 Å². The molecule has 3 N–H and O–H groups in total. The molecule has 2 aromatic rings. The van der Waals surface area contributed by atoms with Crippen molar-refractivity contribution < 1.29 is 14.5 Å². The van der Waals surface area contributed by atoms with Crippen molar-refractivity contribution in [3.05, 3.63) is 69.8 Å². The first-order valence-corrected chi connectivity index (χ1v) is 8.01. The fourth-order valence-corrected chi connectivity index (χ4v) is 2.26. The summed E-state index contributed by atoms with van der Waals surface area (Å²) in [5, 5.41) is 13.5. The molecule has 0 aromatic heterocycles. The van der Waals surface area contributed by atoms with Crippen molar-refractivity contribution in [1.29, 1.82) is 0 Å². The SMILES string of the molecule is Nc1ccc(C(=O)NCCCOCCc2ccccc2)cc1[N+](=O)[O-]. The molecule has 7 heteroatoms. The standard InChI is InChI=1S/C18H21N3O4/c19-16-8-7-15(13-17(16)21(23)24)18(22)20-10-4-11-25-12-9-14-5-2-1-3-6-14/h1-3,5-8,13H,4,9-12,19H2,(H,20,22). The Bertz CT molecular complexity index is 720. The molecule has 0 spiro atoms. The van der Waals surface area contributed by atoms with Crippen LogP contribution in [0.3, 0.4) is 0 Å². The van der Waals surface area contributed by atoms with Crippen LogP contribution in [0.15, 0.2) is 48.5 Å². The average Bonchev–Trinajstić information content (AvgIpc) is 2.61. The van der Waals surface area contributed by atoms with Crippen molar-refractivity contribution in [3.63, 3.8) is 0 Å². The van der Waals surface area contributed by atoms with E-state index in [0.29, 0.717) is 26.2 Å². The zero-order chi connectivity index (χ0) is 18.1. The van der Waals surface area contributed by atoms with Gasteiger partial charge in [0, 0.05) is 24.8 Å². The van der Waals surface area contributed by atoms with Gasteiger partial charge in [-0.15, -0.1) is 0 Å². The maximum Gasteiger partial charge on any atom is 0.292 e. The first kappa shape index (κ1) is 18.4. The van der Waals surface area contributed by atoms with Crippen molar-refractivity contribution in [2.45, 2.75) is 12.8 Å². The fourth-order valence-electron chi connectivity index (χ4n) is 2.26. The molecular weight excluding hydrogens is 322 g/mol. The molecule has 7 nitrogen and oxygen atoms in total. The van der Waals surface area contributed by atoms with E-state index in [1.807, 2.05) is 18.2 Å². The van der Waals surface area contributed by atoms with Gasteiger partial charge in [-0.25, -0.2) is 0 Å². The second kappa shape index (κ2) is 9.39. The summed E-state index contributed by atoms with van der Waals surface area (Å²) in [4.78, 5) is 22.2. The van der Waals surface area contributed by atoms with Crippen LogP contribution in [-0.4, -0.2) is 30.6 Å². The number of nitrogen functional groups attached to an aromatic ring is 1. The van der Waals surface area contributed by atoms with Crippen LogP contribution in [-0.2, 0) is 11.2 Å². The Morgan fingerprint density at radius 3 is 2.64 bits per heavy atom. The lowest BCUT2D eigenvalue weighted by Crippen LogP contribution is -2.25. The number of carbonyl (C=O) groups excluding carboxylic acids is 1. The highest BCUT2D eigenvalue weighted by Crippen LogP contribution is 2.22. The van der Waals surface area contributed by atoms with Gasteiger partial charge in [-0.05, 0) is 30.5 Å². The number of rotatable bonds is 9. The predicted molar refractivity (Wildman–Crippen MR) is 95.4 cm³/mol. The molecule has 0 atom stereocenters. The molecule has 1 amide bonds. The van der Waals surface area contributed by atoms with E-state index in [-0.39, 0.29) is 22.8 Å². The number of carbonyl (C=O) groups is 1. The minimum absolute atomic E-state index is 0.0355. The van der Waals surface area contributed by atoms with Gasteiger partial charge in [0.2, 0.25) is 0 Å².